The van der Waals surface area contributed by atoms with Crippen LogP contribution < -0.4 is 0 Å². The van der Waals surface area contributed by atoms with Gasteiger partial charge in [0.25, 0.3) is 0 Å². The van der Waals surface area contributed by atoms with Crippen LogP contribution in [0.3, 0.4) is 0 Å². The fourth-order valence-corrected chi connectivity index (χ4v) is 5.63. The molecule has 0 saturated carbocycles. The van der Waals surface area contributed by atoms with E-state index in [1.807, 2.05) is 0 Å². The molecule has 0 aliphatic heterocycles. The zero-order valence-electron chi connectivity index (χ0n) is 23.4. The molecule has 0 saturated heterocycles. The van der Waals surface area contributed by atoms with Crippen molar-refractivity contribution in [2.45, 2.75) is 12.0 Å². The van der Waals surface area contributed by atoms with Gasteiger partial charge in [-0.1, -0.05) is 60.7 Å². The molecule has 3 N–H and O–H groups in total. The summed E-state index contributed by atoms with van der Waals surface area (Å²) in [6.45, 7) is 0. The van der Waals surface area contributed by atoms with Gasteiger partial charge < -0.3 is 15.1 Å². The van der Waals surface area contributed by atoms with E-state index in [1.165, 1.54) is 66.9 Å². The summed E-state index contributed by atoms with van der Waals surface area (Å²) in [7, 11) is 0. The molecule has 47 heavy (non-hydrogen) atoms. The van der Waals surface area contributed by atoms with E-state index >= 15 is 17.6 Å². The predicted octanol–water partition coefficient (Wildman–Crippen LogP) is 9.33. The van der Waals surface area contributed by atoms with E-state index in [4.69, 9.17) is 0 Å². The van der Waals surface area contributed by atoms with Gasteiger partial charge in [0.15, 0.2) is 46.5 Å². The Labute approximate surface area is 258 Å². The molecule has 13 heteroatoms. The lowest BCUT2D eigenvalue weighted by molar-refractivity contribution is 0.199. The summed E-state index contributed by atoms with van der Waals surface area (Å²) in [5.41, 5.74) is -3.90. The molecule has 2 unspecified atom stereocenters. The van der Waals surface area contributed by atoms with Crippen molar-refractivity contribution in [1.82, 2.24) is 9.97 Å². The summed E-state index contributed by atoms with van der Waals surface area (Å²) in [4.78, 5) is 5.31. The van der Waals surface area contributed by atoms with Gasteiger partial charge in [0, 0.05) is 34.3 Å². The zero-order chi connectivity index (χ0) is 33.7. The molecule has 6 aromatic rings. The number of halogens is 10. The summed E-state index contributed by atoms with van der Waals surface area (Å²) in [6, 6.07) is 17.8. The Balaban J connectivity index is 1.78. The van der Waals surface area contributed by atoms with Crippen molar-refractivity contribution in [3.8, 4) is 22.3 Å². The molecule has 0 aliphatic carbocycles. The quantitative estimate of drug-likeness (QED) is 0.0893. The molecule has 3 nitrogen and oxygen atoms in total. The molecular formula is C34H18F10N2O. The third-order valence-electron chi connectivity index (χ3n) is 7.73. The number of hydrogen-bond donors (Lipinski definition) is 3. The molecule has 6 rings (SSSR count). The van der Waals surface area contributed by atoms with Crippen LogP contribution in [0.5, 0.6) is 0 Å². The minimum atomic E-state index is -2.65. The number of aromatic nitrogens is 2. The van der Waals surface area contributed by atoms with Crippen LogP contribution in [0, 0.1) is 58.2 Å². The molecule has 0 radical (unpaired) electrons. The SMILES string of the molecule is OC(c1[nH]c(C(c2ccc[nH]2)c2c(F)c(F)c(F)c(F)c2F)c(-c2ccccc2)c1-c1ccccc1)c1c(F)c(F)c(F)c(F)c1F. The van der Waals surface area contributed by atoms with E-state index in [-0.39, 0.29) is 33.6 Å². The van der Waals surface area contributed by atoms with E-state index in [2.05, 4.69) is 9.97 Å². The van der Waals surface area contributed by atoms with Crippen LogP contribution >= 0.6 is 0 Å². The molecular weight excluding hydrogens is 642 g/mol. The fraction of sp³-hybridized carbons (Fsp3) is 0.0588. The zero-order valence-corrected chi connectivity index (χ0v) is 23.4. The molecule has 2 aromatic heterocycles. The monoisotopic (exact) mass is 660 g/mol. The number of H-pyrrole nitrogens is 2. The van der Waals surface area contributed by atoms with Crippen molar-refractivity contribution in [2.75, 3.05) is 0 Å². The minimum Gasteiger partial charge on any atom is -0.382 e. The van der Waals surface area contributed by atoms with Crippen LogP contribution in [0.25, 0.3) is 22.3 Å². The average molecular weight is 661 g/mol. The molecule has 4 aromatic carbocycles. The first kappa shape index (κ1) is 31.7. The Morgan fingerprint density at radius 1 is 0.447 bits per heavy atom. The van der Waals surface area contributed by atoms with Crippen molar-refractivity contribution < 1.29 is 49.0 Å². The van der Waals surface area contributed by atoms with E-state index in [1.54, 1.807) is 12.1 Å². The van der Waals surface area contributed by atoms with E-state index in [0.717, 1.165) is 0 Å². The Kier molecular flexibility index (Phi) is 8.18. The summed E-state index contributed by atoms with van der Waals surface area (Å²) >= 11 is 0. The van der Waals surface area contributed by atoms with Crippen LogP contribution in [0.2, 0.25) is 0 Å². The van der Waals surface area contributed by atoms with Crippen LogP contribution in [0.4, 0.5) is 43.9 Å². The van der Waals surface area contributed by atoms with Crippen LogP contribution in [0.1, 0.15) is 40.2 Å². The van der Waals surface area contributed by atoms with E-state index in [9.17, 15) is 31.4 Å². The lowest BCUT2D eigenvalue weighted by Crippen LogP contribution is -2.16. The van der Waals surface area contributed by atoms with Gasteiger partial charge in [0.05, 0.1) is 17.2 Å². The smallest absolute Gasteiger partial charge is 0.200 e. The molecule has 2 heterocycles. The molecule has 0 aliphatic rings. The number of aliphatic hydroxyl groups excluding tert-OH is 1. The van der Waals surface area contributed by atoms with Gasteiger partial charge in [-0.3, -0.25) is 0 Å². The first-order valence-electron chi connectivity index (χ1n) is 13.7. The third-order valence-corrected chi connectivity index (χ3v) is 7.73. The molecule has 0 bridgehead atoms. The summed E-state index contributed by atoms with van der Waals surface area (Å²) in [5.74, 6) is -25.1. The number of aliphatic hydroxyl groups is 1. The average Bonchev–Trinajstić information content (AvgIpc) is 3.76. The molecule has 0 amide bonds. The maximum Gasteiger partial charge on any atom is 0.200 e. The van der Waals surface area contributed by atoms with Gasteiger partial charge in [-0.05, 0) is 23.3 Å². The van der Waals surface area contributed by atoms with Crippen molar-refractivity contribution in [3.63, 3.8) is 0 Å². The van der Waals surface area contributed by atoms with Crippen LogP contribution in [0.15, 0.2) is 79.0 Å². The normalized spacial score (nSPS) is 12.8. The van der Waals surface area contributed by atoms with Gasteiger partial charge in [0.1, 0.15) is 6.10 Å². The maximum absolute atomic E-state index is 15.5. The Morgan fingerprint density at radius 2 is 0.851 bits per heavy atom. The third kappa shape index (κ3) is 5.07. The van der Waals surface area contributed by atoms with Crippen molar-refractivity contribution in [3.05, 3.63) is 165 Å². The number of benzene rings is 4. The highest BCUT2D eigenvalue weighted by atomic mass is 19.2. The van der Waals surface area contributed by atoms with Crippen molar-refractivity contribution in [2.24, 2.45) is 0 Å². The lowest BCUT2D eigenvalue weighted by Gasteiger charge is -2.20. The van der Waals surface area contributed by atoms with E-state index in [0.29, 0.717) is 0 Å². The molecule has 240 valence electrons. The standard InChI is InChI=1S/C34H18F10N2O/c35-22-20(23(36)27(40)30(43)26(22)39)19(16-12-7-13-45-16)32-17(14-8-3-1-4-9-14)18(15-10-5-2-6-11-15)33(46-32)34(47)21-24(37)28(41)31(44)29(42)25(21)38/h1-13,19,34,45-47H. The predicted molar refractivity (Wildman–Crippen MR) is 150 cm³/mol. The largest absolute Gasteiger partial charge is 0.382 e. The molecule has 0 fully saturated rings. The van der Waals surface area contributed by atoms with Crippen molar-refractivity contribution >= 4 is 0 Å². The Morgan fingerprint density at radius 3 is 1.28 bits per heavy atom. The maximum atomic E-state index is 15.5. The number of aromatic amines is 2. The second-order valence-corrected chi connectivity index (χ2v) is 10.4. The van der Waals surface area contributed by atoms with Gasteiger partial charge in [-0.25, -0.2) is 43.9 Å². The number of nitrogens with one attached hydrogen (secondary N) is 2. The fourth-order valence-electron chi connectivity index (χ4n) is 5.63. The first-order chi connectivity index (χ1) is 22.5. The Hall–Kier alpha value is -5.30. The molecule has 0 spiro atoms. The molecule has 2 atom stereocenters. The summed E-state index contributed by atoms with van der Waals surface area (Å²) in [6.07, 6.45) is -1.35. The summed E-state index contributed by atoms with van der Waals surface area (Å²) in [5, 5.41) is 11.4. The first-order valence-corrected chi connectivity index (χ1v) is 13.7. The highest BCUT2D eigenvalue weighted by Gasteiger charge is 2.39. The highest BCUT2D eigenvalue weighted by molar-refractivity contribution is 5.89. The highest BCUT2D eigenvalue weighted by Crippen LogP contribution is 2.48. The van der Waals surface area contributed by atoms with Gasteiger partial charge >= 0.3 is 0 Å². The second-order valence-electron chi connectivity index (χ2n) is 10.4. The van der Waals surface area contributed by atoms with Gasteiger partial charge in [-0.15, -0.1) is 0 Å². The topological polar surface area (TPSA) is 51.8 Å². The van der Waals surface area contributed by atoms with Crippen LogP contribution in [-0.2, 0) is 0 Å². The number of rotatable bonds is 7. The van der Waals surface area contributed by atoms with Crippen LogP contribution in [-0.4, -0.2) is 15.1 Å². The van der Waals surface area contributed by atoms with Gasteiger partial charge in [-0.2, -0.15) is 0 Å². The van der Waals surface area contributed by atoms with Gasteiger partial charge in [0.2, 0.25) is 11.6 Å². The van der Waals surface area contributed by atoms with E-state index < -0.39 is 87.0 Å². The summed E-state index contributed by atoms with van der Waals surface area (Å²) < 4.78 is 147. The lowest BCUT2D eigenvalue weighted by atomic mass is 9.85. The number of hydrogen-bond acceptors (Lipinski definition) is 1. The minimum absolute atomic E-state index is 0.0572. The Bertz CT molecular complexity index is 2060. The second kappa shape index (κ2) is 12.1. The van der Waals surface area contributed by atoms with Crippen molar-refractivity contribution in [1.29, 1.82) is 0 Å².